The third-order valence-corrected chi connectivity index (χ3v) is 5.79. The number of aromatic nitrogens is 1. The van der Waals surface area contributed by atoms with E-state index < -0.39 is 10.0 Å². The van der Waals surface area contributed by atoms with E-state index in [1.54, 1.807) is 16.4 Å². The second-order valence-electron chi connectivity index (χ2n) is 5.59. The molecule has 0 atom stereocenters. The van der Waals surface area contributed by atoms with Crippen LogP contribution in [0.2, 0.25) is 0 Å². The number of piperidine rings is 1. The standard InChI is InChI=1S/C15H25N3O2S/c1-3-4-10-17(2)15-9-8-14(13-16-15)21(19,20)18-11-6-5-7-12-18/h8-9,13H,3-7,10-12H2,1-2H3. The summed E-state index contributed by atoms with van der Waals surface area (Å²) in [6, 6.07) is 3.47. The highest BCUT2D eigenvalue weighted by Crippen LogP contribution is 2.21. The first-order valence-electron chi connectivity index (χ1n) is 7.73. The number of sulfonamides is 1. The van der Waals surface area contributed by atoms with Gasteiger partial charge >= 0.3 is 0 Å². The average molecular weight is 311 g/mol. The van der Waals surface area contributed by atoms with Gasteiger partial charge in [-0.05, 0) is 31.4 Å². The molecular formula is C15H25N3O2S. The van der Waals surface area contributed by atoms with E-state index in [4.69, 9.17) is 0 Å². The van der Waals surface area contributed by atoms with Gasteiger partial charge in [-0.25, -0.2) is 13.4 Å². The van der Waals surface area contributed by atoms with Crippen LogP contribution in [-0.2, 0) is 10.0 Å². The quantitative estimate of drug-likeness (QED) is 0.810. The number of rotatable bonds is 6. The molecule has 0 amide bonds. The molecule has 0 spiro atoms. The Kier molecular flexibility index (Phi) is 5.58. The highest BCUT2D eigenvalue weighted by molar-refractivity contribution is 7.89. The Morgan fingerprint density at radius 2 is 1.95 bits per heavy atom. The minimum absolute atomic E-state index is 0.303. The lowest BCUT2D eigenvalue weighted by Crippen LogP contribution is -2.35. The van der Waals surface area contributed by atoms with Crippen molar-refractivity contribution < 1.29 is 8.42 Å². The van der Waals surface area contributed by atoms with Crippen LogP contribution in [0.15, 0.2) is 23.2 Å². The fourth-order valence-corrected chi connectivity index (χ4v) is 3.98. The molecule has 6 heteroatoms. The van der Waals surface area contributed by atoms with E-state index >= 15 is 0 Å². The van der Waals surface area contributed by atoms with Gasteiger partial charge in [0.15, 0.2) is 0 Å². The fourth-order valence-electron chi connectivity index (χ4n) is 2.52. The molecule has 1 saturated heterocycles. The van der Waals surface area contributed by atoms with Crippen molar-refractivity contribution in [2.75, 3.05) is 31.6 Å². The van der Waals surface area contributed by atoms with Gasteiger partial charge in [0.1, 0.15) is 10.7 Å². The van der Waals surface area contributed by atoms with Crippen molar-refractivity contribution in [3.05, 3.63) is 18.3 Å². The summed E-state index contributed by atoms with van der Waals surface area (Å²) in [6.07, 6.45) is 6.74. The lowest BCUT2D eigenvalue weighted by molar-refractivity contribution is 0.346. The molecule has 1 aliphatic heterocycles. The van der Waals surface area contributed by atoms with Gasteiger partial charge in [0, 0.05) is 32.9 Å². The second kappa shape index (κ2) is 7.22. The first-order chi connectivity index (χ1) is 10.1. The van der Waals surface area contributed by atoms with Gasteiger partial charge in [-0.1, -0.05) is 19.8 Å². The van der Waals surface area contributed by atoms with Gasteiger partial charge in [-0.3, -0.25) is 0 Å². The van der Waals surface area contributed by atoms with Crippen LogP contribution in [0, 0.1) is 0 Å². The molecule has 0 aromatic carbocycles. The number of nitrogens with zero attached hydrogens (tertiary/aromatic N) is 3. The van der Waals surface area contributed by atoms with Crippen LogP contribution in [0.4, 0.5) is 5.82 Å². The van der Waals surface area contributed by atoms with E-state index in [9.17, 15) is 8.42 Å². The Morgan fingerprint density at radius 3 is 2.52 bits per heavy atom. The molecule has 1 fully saturated rings. The molecule has 0 N–H and O–H groups in total. The molecular weight excluding hydrogens is 286 g/mol. The van der Waals surface area contributed by atoms with E-state index in [0.717, 1.165) is 44.5 Å². The minimum Gasteiger partial charge on any atom is -0.360 e. The van der Waals surface area contributed by atoms with Gasteiger partial charge in [0.25, 0.3) is 0 Å². The summed E-state index contributed by atoms with van der Waals surface area (Å²) in [4.78, 5) is 6.67. The normalized spacial score (nSPS) is 16.9. The minimum atomic E-state index is -3.37. The van der Waals surface area contributed by atoms with Crippen molar-refractivity contribution in [2.24, 2.45) is 0 Å². The Morgan fingerprint density at radius 1 is 1.24 bits per heavy atom. The maximum absolute atomic E-state index is 12.5. The highest BCUT2D eigenvalue weighted by Gasteiger charge is 2.26. The Bertz CT molecular complexity index is 537. The first-order valence-corrected chi connectivity index (χ1v) is 9.17. The highest BCUT2D eigenvalue weighted by atomic mass is 32.2. The largest absolute Gasteiger partial charge is 0.360 e. The van der Waals surface area contributed by atoms with E-state index in [1.807, 2.05) is 7.05 Å². The zero-order valence-electron chi connectivity index (χ0n) is 13.0. The number of pyridine rings is 1. The van der Waals surface area contributed by atoms with E-state index in [0.29, 0.717) is 18.0 Å². The van der Waals surface area contributed by atoms with Gasteiger partial charge in [-0.2, -0.15) is 4.31 Å². The van der Waals surface area contributed by atoms with Crippen LogP contribution >= 0.6 is 0 Å². The Balaban J connectivity index is 2.10. The van der Waals surface area contributed by atoms with Gasteiger partial charge in [0.2, 0.25) is 10.0 Å². The van der Waals surface area contributed by atoms with Crippen LogP contribution in [0.5, 0.6) is 0 Å². The van der Waals surface area contributed by atoms with Crippen molar-refractivity contribution in [1.29, 1.82) is 0 Å². The van der Waals surface area contributed by atoms with Crippen LogP contribution < -0.4 is 4.90 Å². The third kappa shape index (κ3) is 3.95. The number of anilines is 1. The summed E-state index contributed by atoms with van der Waals surface area (Å²) >= 11 is 0. The smallest absolute Gasteiger partial charge is 0.244 e. The molecule has 0 bridgehead atoms. The maximum atomic E-state index is 12.5. The number of hydrogen-bond donors (Lipinski definition) is 0. The molecule has 1 aromatic heterocycles. The topological polar surface area (TPSA) is 53.5 Å². The second-order valence-corrected chi connectivity index (χ2v) is 7.53. The summed E-state index contributed by atoms with van der Waals surface area (Å²) in [5, 5.41) is 0. The zero-order chi connectivity index (χ0) is 15.3. The Labute approximate surface area is 128 Å². The van der Waals surface area contributed by atoms with E-state index in [-0.39, 0.29) is 0 Å². The molecule has 118 valence electrons. The maximum Gasteiger partial charge on any atom is 0.244 e. The Hall–Kier alpha value is -1.14. The lowest BCUT2D eigenvalue weighted by atomic mass is 10.2. The average Bonchev–Trinajstić information content (AvgIpc) is 2.53. The number of hydrogen-bond acceptors (Lipinski definition) is 4. The summed E-state index contributed by atoms with van der Waals surface area (Å²) in [7, 11) is -1.39. The van der Waals surface area contributed by atoms with Crippen molar-refractivity contribution in [3.8, 4) is 0 Å². The predicted molar refractivity (Wildman–Crippen MR) is 85.0 cm³/mol. The van der Waals surface area contributed by atoms with Crippen molar-refractivity contribution in [3.63, 3.8) is 0 Å². The third-order valence-electron chi connectivity index (χ3n) is 3.91. The monoisotopic (exact) mass is 311 g/mol. The first kappa shape index (κ1) is 16.2. The van der Waals surface area contributed by atoms with Crippen LogP contribution in [0.1, 0.15) is 39.0 Å². The van der Waals surface area contributed by atoms with Crippen LogP contribution in [0.3, 0.4) is 0 Å². The van der Waals surface area contributed by atoms with Gasteiger partial charge in [0.05, 0.1) is 0 Å². The van der Waals surface area contributed by atoms with Crippen LogP contribution in [0.25, 0.3) is 0 Å². The molecule has 0 radical (unpaired) electrons. The van der Waals surface area contributed by atoms with E-state index in [2.05, 4.69) is 16.8 Å². The summed E-state index contributed by atoms with van der Waals surface area (Å²) in [6.45, 7) is 4.33. The molecule has 5 nitrogen and oxygen atoms in total. The SMILES string of the molecule is CCCCN(C)c1ccc(S(=O)(=O)N2CCCCC2)cn1. The van der Waals surface area contributed by atoms with Gasteiger partial charge < -0.3 is 4.90 Å². The predicted octanol–water partition coefficient (Wildman–Crippen LogP) is 2.49. The molecule has 2 rings (SSSR count). The molecule has 2 heterocycles. The van der Waals surface area contributed by atoms with Crippen LogP contribution in [-0.4, -0.2) is 44.4 Å². The van der Waals surface area contributed by atoms with Crippen molar-refractivity contribution in [1.82, 2.24) is 9.29 Å². The summed E-state index contributed by atoms with van der Waals surface area (Å²) < 4.78 is 26.6. The molecule has 0 aliphatic carbocycles. The number of unbranched alkanes of at least 4 members (excludes halogenated alkanes) is 1. The molecule has 1 aliphatic rings. The summed E-state index contributed by atoms with van der Waals surface area (Å²) in [5.74, 6) is 0.820. The van der Waals surface area contributed by atoms with Crippen molar-refractivity contribution in [2.45, 2.75) is 43.9 Å². The fraction of sp³-hybridized carbons (Fsp3) is 0.667. The molecule has 0 unspecified atom stereocenters. The van der Waals surface area contributed by atoms with E-state index in [1.165, 1.54) is 6.20 Å². The molecule has 0 saturated carbocycles. The van der Waals surface area contributed by atoms with Gasteiger partial charge in [-0.15, -0.1) is 0 Å². The lowest BCUT2D eigenvalue weighted by Gasteiger charge is -2.26. The zero-order valence-corrected chi connectivity index (χ0v) is 13.8. The molecule has 21 heavy (non-hydrogen) atoms. The van der Waals surface area contributed by atoms with Crippen molar-refractivity contribution >= 4 is 15.8 Å². The molecule has 1 aromatic rings. The summed E-state index contributed by atoms with van der Waals surface area (Å²) in [5.41, 5.74) is 0.